The molecule has 106 valence electrons. The molecule has 2 aromatic carbocycles. The molecule has 1 aromatic heterocycles. The van der Waals surface area contributed by atoms with Crippen molar-refractivity contribution in [3.63, 3.8) is 0 Å². The first-order valence-electron chi connectivity index (χ1n) is 6.71. The summed E-state index contributed by atoms with van der Waals surface area (Å²) in [5.41, 5.74) is 4.43. The number of aromatic nitrogens is 2. The summed E-state index contributed by atoms with van der Waals surface area (Å²) in [5.74, 6) is 0.831. The van der Waals surface area contributed by atoms with Crippen molar-refractivity contribution in [2.24, 2.45) is 0 Å². The lowest BCUT2D eigenvalue weighted by Gasteiger charge is -2.09. The van der Waals surface area contributed by atoms with Gasteiger partial charge in [-0.3, -0.25) is 4.57 Å². The van der Waals surface area contributed by atoms with Crippen molar-refractivity contribution in [3.8, 4) is 22.7 Å². The van der Waals surface area contributed by atoms with E-state index in [-0.39, 0.29) is 0 Å². The predicted molar refractivity (Wildman–Crippen MR) is 87.7 cm³/mol. The van der Waals surface area contributed by atoms with Gasteiger partial charge in [0, 0.05) is 17.4 Å². The van der Waals surface area contributed by atoms with E-state index < -0.39 is 0 Å². The van der Waals surface area contributed by atoms with Gasteiger partial charge in [-0.25, -0.2) is 0 Å². The third-order valence-corrected chi connectivity index (χ3v) is 3.75. The molecular formula is C17H16N2OS. The molecule has 0 aliphatic carbocycles. The van der Waals surface area contributed by atoms with Gasteiger partial charge < -0.3 is 9.72 Å². The molecule has 0 aliphatic rings. The summed E-state index contributed by atoms with van der Waals surface area (Å²) in [4.78, 5) is 3.12. The molecule has 0 aliphatic heterocycles. The van der Waals surface area contributed by atoms with Crippen molar-refractivity contribution in [1.82, 2.24) is 9.55 Å². The third kappa shape index (κ3) is 2.62. The van der Waals surface area contributed by atoms with Crippen LogP contribution in [0.2, 0.25) is 0 Å². The van der Waals surface area contributed by atoms with Gasteiger partial charge in [0.25, 0.3) is 0 Å². The van der Waals surface area contributed by atoms with Gasteiger partial charge in [-0.15, -0.1) is 0 Å². The second-order valence-corrected chi connectivity index (χ2v) is 5.27. The van der Waals surface area contributed by atoms with Crippen molar-refractivity contribution in [3.05, 3.63) is 65.1 Å². The number of hydrogen-bond donors (Lipinski definition) is 1. The number of rotatable bonds is 3. The van der Waals surface area contributed by atoms with Gasteiger partial charge in [0.2, 0.25) is 0 Å². The molecule has 1 N–H and O–H groups in total. The lowest BCUT2D eigenvalue weighted by atomic mass is 10.1. The van der Waals surface area contributed by atoms with Gasteiger partial charge in [-0.05, 0) is 43.4 Å². The highest BCUT2D eigenvalue weighted by Crippen LogP contribution is 2.25. The molecule has 0 radical (unpaired) electrons. The van der Waals surface area contributed by atoms with Crippen LogP contribution in [0.25, 0.3) is 16.9 Å². The molecule has 3 aromatic rings. The van der Waals surface area contributed by atoms with E-state index in [9.17, 15) is 0 Å². The average molecular weight is 296 g/mol. The number of aromatic amines is 1. The first kappa shape index (κ1) is 13.6. The molecule has 1 heterocycles. The van der Waals surface area contributed by atoms with Crippen LogP contribution in [0.4, 0.5) is 0 Å². The van der Waals surface area contributed by atoms with Crippen LogP contribution in [-0.2, 0) is 0 Å². The Morgan fingerprint density at radius 3 is 2.29 bits per heavy atom. The molecule has 21 heavy (non-hydrogen) atoms. The minimum atomic E-state index is 0.677. The van der Waals surface area contributed by atoms with Crippen molar-refractivity contribution in [2.75, 3.05) is 7.11 Å². The van der Waals surface area contributed by atoms with Gasteiger partial charge in [-0.1, -0.05) is 29.8 Å². The van der Waals surface area contributed by atoms with Gasteiger partial charge in [0.1, 0.15) is 5.75 Å². The number of H-pyrrole nitrogens is 1. The fraction of sp³-hybridized carbons (Fsp3) is 0.118. The fourth-order valence-electron chi connectivity index (χ4n) is 2.29. The molecule has 0 saturated carbocycles. The van der Waals surface area contributed by atoms with Crippen LogP contribution in [0.5, 0.6) is 5.75 Å². The summed E-state index contributed by atoms with van der Waals surface area (Å²) in [7, 11) is 1.66. The Morgan fingerprint density at radius 2 is 1.67 bits per heavy atom. The van der Waals surface area contributed by atoms with E-state index in [0.717, 1.165) is 22.7 Å². The Balaban J connectivity index is 2.12. The molecule has 0 bridgehead atoms. The van der Waals surface area contributed by atoms with Crippen LogP contribution in [0.1, 0.15) is 5.56 Å². The molecule has 3 rings (SSSR count). The number of ether oxygens (including phenoxy) is 1. The summed E-state index contributed by atoms with van der Waals surface area (Å²) in [5, 5.41) is 0. The topological polar surface area (TPSA) is 29.9 Å². The maximum atomic E-state index is 5.42. The third-order valence-electron chi connectivity index (χ3n) is 3.45. The smallest absolute Gasteiger partial charge is 0.182 e. The number of nitrogens with zero attached hydrogens (tertiary/aromatic N) is 1. The van der Waals surface area contributed by atoms with Crippen LogP contribution in [0, 0.1) is 11.7 Å². The summed E-state index contributed by atoms with van der Waals surface area (Å²) < 4.78 is 7.91. The second kappa shape index (κ2) is 5.58. The van der Waals surface area contributed by atoms with Crippen molar-refractivity contribution in [2.45, 2.75) is 6.92 Å². The van der Waals surface area contributed by atoms with E-state index in [1.165, 1.54) is 5.56 Å². The Labute approximate surface area is 128 Å². The summed E-state index contributed by atoms with van der Waals surface area (Å²) >= 11 is 5.42. The molecule has 0 atom stereocenters. The minimum Gasteiger partial charge on any atom is -0.497 e. The largest absolute Gasteiger partial charge is 0.497 e. The lowest BCUT2D eigenvalue weighted by molar-refractivity contribution is 0.414. The molecular weight excluding hydrogens is 280 g/mol. The Hall–Kier alpha value is -2.33. The molecule has 0 saturated heterocycles. The predicted octanol–water partition coefficient (Wildman–Crippen LogP) is 4.52. The van der Waals surface area contributed by atoms with Crippen LogP contribution in [0.3, 0.4) is 0 Å². The maximum absolute atomic E-state index is 5.42. The first-order chi connectivity index (χ1) is 10.2. The zero-order valence-corrected chi connectivity index (χ0v) is 12.8. The van der Waals surface area contributed by atoms with Gasteiger partial charge in [-0.2, -0.15) is 0 Å². The lowest BCUT2D eigenvalue weighted by Crippen LogP contribution is -1.97. The van der Waals surface area contributed by atoms with E-state index in [1.54, 1.807) is 7.11 Å². The normalized spacial score (nSPS) is 10.6. The number of hydrogen-bond acceptors (Lipinski definition) is 2. The van der Waals surface area contributed by atoms with E-state index in [4.69, 9.17) is 17.0 Å². The average Bonchev–Trinajstić information content (AvgIpc) is 2.90. The SMILES string of the molecule is COc1ccc(-n2c(-c3ccc(C)cc3)c[nH]c2=S)cc1. The van der Waals surface area contributed by atoms with E-state index >= 15 is 0 Å². The molecule has 0 amide bonds. The van der Waals surface area contributed by atoms with Crippen molar-refractivity contribution in [1.29, 1.82) is 0 Å². The molecule has 4 heteroatoms. The number of aryl methyl sites for hydroxylation is 1. The second-order valence-electron chi connectivity index (χ2n) is 4.88. The van der Waals surface area contributed by atoms with E-state index in [1.807, 2.05) is 35.0 Å². The van der Waals surface area contributed by atoms with Gasteiger partial charge in [0.15, 0.2) is 4.77 Å². The summed E-state index contributed by atoms with van der Waals surface area (Å²) in [6, 6.07) is 16.3. The zero-order valence-electron chi connectivity index (χ0n) is 12.0. The Morgan fingerprint density at radius 1 is 1.00 bits per heavy atom. The number of methoxy groups -OCH3 is 1. The van der Waals surface area contributed by atoms with Gasteiger partial charge >= 0.3 is 0 Å². The van der Waals surface area contributed by atoms with Gasteiger partial charge in [0.05, 0.1) is 12.8 Å². The van der Waals surface area contributed by atoms with Crippen molar-refractivity contribution >= 4 is 12.2 Å². The standard InChI is InChI=1S/C17H16N2OS/c1-12-3-5-13(6-4-12)16-11-18-17(21)19(16)14-7-9-15(20-2)10-8-14/h3-11H,1-2H3,(H,18,21). The van der Waals surface area contributed by atoms with Crippen LogP contribution >= 0.6 is 12.2 Å². The summed E-state index contributed by atoms with van der Waals surface area (Å²) in [6.45, 7) is 2.08. The Kier molecular flexibility index (Phi) is 3.62. The molecule has 0 spiro atoms. The number of benzene rings is 2. The number of imidazole rings is 1. The van der Waals surface area contributed by atoms with Crippen LogP contribution in [-0.4, -0.2) is 16.7 Å². The zero-order chi connectivity index (χ0) is 14.8. The van der Waals surface area contributed by atoms with E-state index in [0.29, 0.717) is 4.77 Å². The quantitative estimate of drug-likeness (QED) is 0.720. The summed E-state index contributed by atoms with van der Waals surface area (Å²) in [6.07, 6.45) is 1.94. The highest BCUT2D eigenvalue weighted by Gasteiger charge is 2.08. The van der Waals surface area contributed by atoms with E-state index in [2.05, 4.69) is 36.2 Å². The number of nitrogens with one attached hydrogen (secondary N) is 1. The molecule has 0 unspecified atom stereocenters. The van der Waals surface area contributed by atoms with Crippen molar-refractivity contribution < 1.29 is 4.74 Å². The van der Waals surface area contributed by atoms with Crippen LogP contribution in [0.15, 0.2) is 54.7 Å². The highest BCUT2D eigenvalue weighted by atomic mass is 32.1. The maximum Gasteiger partial charge on any atom is 0.182 e. The Bertz CT molecular complexity index is 798. The van der Waals surface area contributed by atoms with Crippen LogP contribution < -0.4 is 4.74 Å². The molecule has 3 nitrogen and oxygen atoms in total. The molecule has 0 fully saturated rings. The monoisotopic (exact) mass is 296 g/mol. The first-order valence-corrected chi connectivity index (χ1v) is 7.12. The fourth-order valence-corrected chi connectivity index (χ4v) is 2.56. The minimum absolute atomic E-state index is 0.677. The highest BCUT2D eigenvalue weighted by molar-refractivity contribution is 7.71.